The van der Waals surface area contributed by atoms with Gasteiger partial charge in [-0.1, -0.05) is 6.07 Å². The van der Waals surface area contributed by atoms with Crippen LogP contribution in [0.1, 0.15) is 48.0 Å². The SMILES string of the molecule is COc1ccc2c(c1OC)C(=O)N1C2SC(C)(C)C1C(=O)ON1C(=O)CCC1=O. The lowest BCUT2D eigenvalue weighted by Crippen LogP contribution is -2.50. The molecule has 2 unspecified atom stereocenters. The van der Waals surface area contributed by atoms with E-state index in [0.29, 0.717) is 27.7 Å². The number of ether oxygens (including phenoxy) is 2. The third-order valence-electron chi connectivity index (χ3n) is 5.31. The zero-order valence-corrected chi connectivity index (χ0v) is 17.2. The second kappa shape index (κ2) is 6.65. The van der Waals surface area contributed by atoms with Crippen LogP contribution in [0.2, 0.25) is 0 Å². The fourth-order valence-electron chi connectivity index (χ4n) is 4.01. The highest BCUT2D eigenvalue weighted by Gasteiger charge is 2.59. The smallest absolute Gasteiger partial charge is 0.356 e. The van der Waals surface area contributed by atoms with Crippen LogP contribution in [-0.2, 0) is 19.2 Å². The number of carbonyl (C=O) groups excluding carboxylic acids is 4. The average molecular weight is 420 g/mol. The Labute approximate surface area is 171 Å². The van der Waals surface area contributed by atoms with Crippen LogP contribution in [0, 0.1) is 0 Å². The van der Waals surface area contributed by atoms with Gasteiger partial charge < -0.3 is 19.2 Å². The van der Waals surface area contributed by atoms with Crippen molar-refractivity contribution in [3.8, 4) is 11.5 Å². The van der Waals surface area contributed by atoms with Gasteiger partial charge in [0.25, 0.3) is 17.7 Å². The number of benzene rings is 1. The predicted octanol–water partition coefficient (Wildman–Crippen LogP) is 1.66. The van der Waals surface area contributed by atoms with Gasteiger partial charge in [-0.15, -0.1) is 16.8 Å². The van der Waals surface area contributed by atoms with Crippen LogP contribution in [0.4, 0.5) is 0 Å². The van der Waals surface area contributed by atoms with E-state index in [2.05, 4.69) is 0 Å². The van der Waals surface area contributed by atoms with Crippen molar-refractivity contribution >= 4 is 35.5 Å². The molecule has 2 saturated heterocycles. The molecule has 2 atom stereocenters. The Hall–Kier alpha value is -2.75. The molecule has 3 aliphatic rings. The van der Waals surface area contributed by atoms with Gasteiger partial charge in [0.2, 0.25) is 0 Å². The minimum atomic E-state index is -0.991. The summed E-state index contributed by atoms with van der Waals surface area (Å²) in [6.07, 6.45) is 0.00521. The molecular formula is C19H20N2O7S. The van der Waals surface area contributed by atoms with Crippen LogP contribution < -0.4 is 9.47 Å². The summed E-state index contributed by atoms with van der Waals surface area (Å²) < 4.78 is 9.99. The lowest BCUT2D eigenvalue weighted by atomic mass is 10.0. The predicted molar refractivity (Wildman–Crippen MR) is 101 cm³/mol. The first-order valence-corrected chi connectivity index (χ1v) is 9.92. The zero-order valence-electron chi connectivity index (χ0n) is 16.4. The summed E-state index contributed by atoms with van der Waals surface area (Å²) in [4.78, 5) is 56.6. The number of hydroxylamine groups is 2. The molecule has 3 heterocycles. The number of imide groups is 1. The number of amides is 3. The highest BCUT2D eigenvalue weighted by Crippen LogP contribution is 2.58. The first kappa shape index (κ1) is 19.6. The first-order chi connectivity index (χ1) is 13.7. The normalized spacial score (nSPS) is 24.6. The van der Waals surface area contributed by atoms with Gasteiger partial charge in [0.15, 0.2) is 11.5 Å². The topological polar surface area (TPSA) is 102 Å². The van der Waals surface area contributed by atoms with E-state index < -0.39 is 33.9 Å². The summed E-state index contributed by atoms with van der Waals surface area (Å²) in [6.45, 7) is 3.65. The van der Waals surface area contributed by atoms with Gasteiger partial charge in [-0.25, -0.2) is 4.79 Å². The Morgan fingerprint density at radius 1 is 1.10 bits per heavy atom. The number of fused-ring (bicyclic) bond motifs is 3. The lowest BCUT2D eigenvalue weighted by Gasteiger charge is -2.29. The monoisotopic (exact) mass is 420 g/mol. The summed E-state index contributed by atoms with van der Waals surface area (Å²) in [5, 5.41) is 0.0862. The van der Waals surface area contributed by atoms with Crippen molar-refractivity contribution in [2.75, 3.05) is 14.2 Å². The molecule has 0 radical (unpaired) electrons. The van der Waals surface area contributed by atoms with Gasteiger partial charge in [0.1, 0.15) is 11.4 Å². The fraction of sp³-hybridized carbons (Fsp3) is 0.474. The van der Waals surface area contributed by atoms with E-state index >= 15 is 0 Å². The molecule has 1 aromatic carbocycles. The maximum absolute atomic E-state index is 13.3. The van der Waals surface area contributed by atoms with Gasteiger partial charge in [-0.2, -0.15) is 0 Å². The molecular weight excluding hydrogens is 400 g/mol. The van der Waals surface area contributed by atoms with E-state index in [1.165, 1.54) is 30.9 Å². The second-order valence-electron chi connectivity index (χ2n) is 7.45. The summed E-state index contributed by atoms with van der Waals surface area (Å²) in [7, 11) is 2.93. The summed E-state index contributed by atoms with van der Waals surface area (Å²) in [5.74, 6) is -1.62. The van der Waals surface area contributed by atoms with Crippen LogP contribution >= 0.6 is 11.8 Å². The summed E-state index contributed by atoms with van der Waals surface area (Å²) >= 11 is 1.43. The molecule has 0 bridgehead atoms. The highest BCUT2D eigenvalue weighted by atomic mass is 32.2. The van der Waals surface area contributed by atoms with Crippen LogP contribution in [0.15, 0.2) is 12.1 Å². The summed E-state index contributed by atoms with van der Waals surface area (Å²) in [5.41, 5.74) is 1.06. The number of thioether (sulfide) groups is 1. The van der Waals surface area contributed by atoms with Crippen molar-refractivity contribution in [2.24, 2.45) is 0 Å². The van der Waals surface area contributed by atoms with E-state index in [1.54, 1.807) is 12.1 Å². The van der Waals surface area contributed by atoms with Gasteiger partial charge in [0.05, 0.1) is 19.8 Å². The third-order valence-corrected chi connectivity index (χ3v) is 6.84. The van der Waals surface area contributed by atoms with Gasteiger partial charge >= 0.3 is 5.97 Å². The molecule has 0 aromatic heterocycles. The molecule has 3 aliphatic heterocycles. The van der Waals surface area contributed by atoms with Crippen LogP contribution in [0.5, 0.6) is 11.5 Å². The maximum atomic E-state index is 13.3. The minimum absolute atomic E-state index is 0.00261. The largest absolute Gasteiger partial charge is 0.493 e. The molecule has 0 spiro atoms. The van der Waals surface area contributed by atoms with Crippen molar-refractivity contribution in [2.45, 2.75) is 42.9 Å². The van der Waals surface area contributed by atoms with Crippen molar-refractivity contribution in [3.05, 3.63) is 23.3 Å². The van der Waals surface area contributed by atoms with E-state index in [4.69, 9.17) is 14.3 Å². The third kappa shape index (κ3) is 2.77. The molecule has 154 valence electrons. The molecule has 3 amide bonds. The van der Waals surface area contributed by atoms with Gasteiger partial charge in [0, 0.05) is 23.2 Å². The molecule has 1 aromatic rings. The molecule has 2 fully saturated rings. The molecule has 29 heavy (non-hydrogen) atoms. The Balaban J connectivity index is 1.71. The highest BCUT2D eigenvalue weighted by molar-refractivity contribution is 8.01. The Kier molecular flexibility index (Phi) is 4.49. The van der Waals surface area contributed by atoms with Crippen LogP contribution in [-0.4, -0.2) is 58.7 Å². The van der Waals surface area contributed by atoms with E-state index in [-0.39, 0.29) is 18.7 Å². The molecule has 4 rings (SSSR count). The van der Waals surface area contributed by atoms with Gasteiger partial charge in [-0.3, -0.25) is 14.4 Å². The Morgan fingerprint density at radius 3 is 2.34 bits per heavy atom. The molecule has 9 nitrogen and oxygen atoms in total. The van der Waals surface area contributed by atoms with E-state index in [9.17, 15) is 19.2 Å². The number of hydrogen-bond acceptors (Lipinski definition) is 8. The van der Waals surface area contributed by atoms with E-state index in [0.717, 1.165) is 0 Å². The first-order valence-electron chi connectivity index (χ1n) is 9.04. The molecule has 0 aliphatic carbocycles. The number of carbonyl (C=O) groups is 4. The van der Waals surface area contributed by atoms with E-state index in [1.807, 2.05) is 13.8 Å². The minimum Gasteiger partial charge on any atom is -0.493 e. The number of rotatable bonds is 4. The second-order valence-corrected chi connectivity index (χ2v) is 9.18. The number of nitrogens with zero attached hydrogens (tertiary/aromatic N) is 2. The zero-order chi connectivity index (χ0) is 21.1. The van der Waals surface area contributed by atoms with Crippen LogP contribution in [0.3, 0.4) is 0 Å². The molecule has 0 N–H and O–H groups in total. The van der Waals surface area contributed by atoms with Crippen LogP contribution in [0.25, 0.3) is 0 Å². The Bertz CT molecular complexity index is 929. The Morgan fingerprint density at radius 2 is 1.76 bits per heavy atom. The maximum Gasteiger partial charge on any atom is 0.356 e. The molecule has 10 heteroatoms. The van der Waals surface area contributed by atoms with Crippen molar-refractivity contribution in [1.82, 2.24) is 9.96 Å². The number of methoxy groups -OCH3 is 2. The summed E-state index contributed by atoms with van der Waals surface area (Å²) in [6, 6.07) is 2.51. The van der Waals surface area contributed by atoms with Crippen molar-refractivity contribution in [1.29, 1.82) is 0 Å². The average Bonchev–Trinajstić information content (AvgIpc) is 3.24. The van der Waals surface area contributed by atoms with Gasteiger partial charge in [-0.05, 0) is 19.9 Å². The number of hydrogen-bond donors (Lipinski definition) is 0. The molecule has 0 saturated carbocycles. The quantitative estimate of drug-likeness (QED) is 0.678. The van der Waals surface area contributed by atoms with Crippen molar-refractivity contribution < 1.29 is 33.5 Å². The fourth-order valence-corrected chi connectivity index (χ4v) is 5.58. The van der Waals surface area contributed by atoms with Crippen molar-refractivity contribution in [3.63, 3.8) is 0 Å². The standard InChI is InChI=1S/C19H20N2O7S/c1-19(2)15(18(25)28-21-11(22)7-8-12(21)23)20-16(24)13-9(17(20)29-19)5-6-10(26-3)14(13)27-4/h5-6,15,17H,7-8H2,1-4H3. The lowest BCUT2D eigenvalue weighted by molar-refractivity contribution is -0.201.